The van der Waals surface area contributed by atoms with Gasteiger partial charge in [-0.3, -0.25) is 9.59 Å². The van der Waals surface area contributed by atoms with Crippen LogP contribution >= 0.6 is 0 Å². The summed E-state index contributed by atoms with van der Waals surface area (Å²) in [6, 6.07) is 0. The summed E-state index contributed by atoms with van der Waals surface area (Å²) in [6.07, 6.45) is 4.00. The van der Waals surface area contributed by atoms with Crippen molar-refractivity contribution in [2.45, 2.75) is 52.6 Å². The summed E-state index contributed by atoms with van der Waals surface area (Å²) in [6.45, 7) is 8.64. The lowest BCUT2D eigenvalue weighted by molar-refractivity contribution is -0.140. The van der Waals surface area contributed by atoms with E-state index in [0.29, 0.717) is 6.54 Å². The van der Waals surface area contributed by atoms with Crippen molar-refractivity contribution < 1.29 is 14.3 Å². The summed E-state index contributed by atoms with van der Waals surface area (Å²) in [5.74, 6) is -0.0105. The number of nitrogens with zero attached hydrogens (tertiary/aromatic N) is 2. The molecule has 1 saturated heterocycles. The summed E-state index contributed by atoms with van der Waals surface area (Å²) in [7, 11) is 0. The van der Waals surface area contributed by atoms with Crippen LogP contribution in [0.1, 0.15) is 46.5 Å². The molecule has 0 saturated carbocycles. The maximum absolute atomic E-state index is 12.3. The van der Waals surface area contributed by atoms with E-state index in [1.54, 1.807) is 4.90 Å². The largest absolute Gasteiger partial charge is 0.376 e. The SMILES string of the molecule is CCCN(CCC)C(=O)CN(CC1CCCO1)C(C)=O. The van der Waals surface area contributed by atoms with E-state index in [0.717, 1.165) is 45.4 Å². The Bertz CT molecular complexity index is 308. The zero-order valence-electron chi connectivity index (χ0n) is 13.1. The first kappa shape index (κ1) is 17.0. The molecule has 1 aliphatic heterocycles. The van der Waals surface area contributed by atoms with Gasteiger partial charge in [0.15, 0.2) is 0 Å². The highest BCUT2D eigenvalue weighted by Crippen LogP contribution is 2.13. The Kier molecular flexibility index (Phi) is 7.59. The third-order valence-corrected chi connectivity index (χ3v) is 3.56. The number of hydrogen-bond donors (Lipinski definition) is 0. The quantitative estimate of drug-likeness (QED) is 0.681. The third kappa shape index (κ3) is 5.49. The van der Waals surface area contributed by atoms with Gasteiger partial charge in [0.1, 0.15) is 0 Å². The average Bonchev–Trinajstić information content (AvgIpc) is 2.90. The first-order valence-corrected chi connectivity index (χ1v) is 7.73. The summed E-state index contributed by atoms with van der Waals surface area (Å²) in [4.78, 5) is 27.5. The van der Waals surface area contributed by atoms with Gasteiger partial charge >= 0.3 is 0 Å². The van der Waals surface area contributed by atoms with E-state index in [1.807, 2.05) is 4.90 Å². The molecule has 0 aromatic heterocycles. The van der Waals surface area contributed by atoms with Crippen molar-refractivity contribution in [2.75, 3.05) is 32.8 Å². The highest BCUT2D eigenvalue weighted by Gasteiger charge is 2.23. The number of hydrogen-bond acceptors (Lipinski definition) is 3. The van der Waals surface area contributed by atoms with Crippen molar-refractivity contribution >= 4 is 11.8 Å². The molecule has 0 N–H and O–H groups in total. The molecule has 5 heteroatoms. The summed E-state index contributed by atoms with van der Waals surface area (Å²) >= 11 is 0. The Labute approximate surface area is 122 Å². The second kappa shape index (κ2) is 8.95. The zero-order chi connectivity index (χ0) is 15.0. The van der Waals surface area contributed by atoms with E-state index in [4.69, 9.17) is 4.74 Å². The number of ether oxygens (including phenoxy) is 1. The van der Waals surface area contributed by atoms with Crippen LogP contribution in [0.2, 0.25) is 0 Å². The third-order valence-electron chi connectivity index (χ3n) is 3.56. The Balaban J connectivity index is 2.53. The van der Waals surface area contributed by atoms with Gasteiger partial charge in [-0.1, -0.05) is 13.8 Å². The lowest BCUT2D eigenvalue weighted by Gasteiger charge is -2.28. The van der Waals surface area contributed by atoms with E-state index in [-0.39, 0.29) is 24.5 Å². The molecule has 5 nitrogen and oxygen atoms in total. The molecule has 0 aromatic carbocycles. The number of rotatable bonds is 8. The Morgan fingerprint density at radius 2 is 1.80 bits per heavy atom. The van der Waals surface area contributed by atoms with Gasteiger partial charge in [0.05, 0.1) is 12.6 Å². The van der Waals surface area contributed by atoms with Gasteiger partial charge in [-0.2, -0.15) is 0 Å². The van der Waals surface area contributed by atoms with Crippen LogP contribution in [0, 0.1) is 0 Å². The van der Waals surface area contributed by atoms with Crippen LogP contribution in [0.15, 0.2) is 0 Å². The van der Waals surface area contributed by atoms with Gasteiger partial charge < -0.3 is 14.5 Å². The molecule has 2 amide bonds. The summed E-state index contributed by atoms with van der Waals surface area (Å²) < 4.78 is 5.55. The monoisotopic (exact) mass is 284 g/mol. The molecule has 0 spiro atoms. The smallest absolute Gasteiger partial charge is 0.242 e. The van der Waals surface area contributed by atoms with Crippen LogP contribution in [-0.2, 0) is 14.3 Å². The Hall–Kier alpha value is -1.10. The maximum atomic E-state index is 12.3. The molecule has 20 heavy (non-hydrogen) atoms. The van der Waals surface area contributed by atoms with E-state index in [9.17, 15) is 9.59 Å². The van der Waals surface area contributed by atoms with E-state index in [1.165, 1.54) is 6.92 Å². The fourth-order valence-corrected chi connectivity index (χ4v) is 2.50. The van der Waals surface area contributed by atoms with Crippen molar-refractivity contribution in [1.29, 1.82) is 0 Å². The van der Waals surface area contributed by atoms with E-state index < -0.39 is 0 Å². The molecule has 0 aliphatic carbocycles. The molecule has 0 radical (unpaired) electrons. The van der Waals surface area contributed by atoms with Crippen LogP contribution in [0.3, 0.4) is 0 Å². The first-order chi connectivity index (χ1) is 9.58. The van der Waals surface area contributed by atoms with Crippen molar-refractivity contribution in [1.82, 2.24) is 9.80 Å². The molecule has 1 rings (SSSR count). The molecule has 1 heterocycles. The summed E-state index contributed by atoms with van der Waals surface area (Å²) in [5, 5.41) is 0. The molecular formula is C15H28N2O3. The second-order valence-corrected chi connectivity index (χ2v) is 5.42. The van der Waals surface area contributed by atoms with Crippen molar-refractivity contribution in [3.63, 3.8) is 0 Å². The minimum Gasteiger partial charge on any atom is -0.376 e. The van der Waals surface area contributed by atoms with Gasteiger partial charge in [0.25, 0.3) is 0 Å². The fraction of sp³-hybridized carbons (Fsp3) is 0.867. The Morgan fingerprint density at radius 3 is 2.25 bits per heavy atom. The van der Waals surface area contributed by atoms with E-state index >= 15 is 0 Å². The van der Waals surface area contributed by atoms with E-state index in [2.05, 4.69) is 13.8 Å². The van der Waals surface area contributed by atoms with Gasteiger partial charge in [0.2, 0.25) is 11.8 Å². The minimum absolute atomic E-state index is 0.0434. The first-order valence-electron chi connectivity index (χ1n) is 7.73. The summed E-state index contributed by atoms with van der Waals surface area (Å²) in [5.41, 5.74) is 0. The normalized spacial score (nSPS) is 18.1. The number of carbonyl (C=O) groups excluding carboxylic acids is 2. The van der Waals surface area contributed by atoms with Crippen molar-refractivity contribution in [3.05, 3.63) is 0 Å². The molecule has 1 fully saturated rings. The Morgan fingerprint density at radius 1 is 1.15 bits per heavy atom. The number of amides is 2. The van der Waals surface area contributed by atoms with Crippen LogP contribution in [0.5, 0.6) is 0 Å². The van der Waals surface area contributed by atoms with Crippen LogP contribution in [0.4, 0.5) is 0 Å². The van der Waals surface area contributed by atoms with Crippen LogP contribution in [-0.4, -0.2) is 60.5 Å². The van der Waals surface area contributed by atoms with Crippen molar-refractivity contribution in [2.24, 2.45) is 0 Å². The average molecular weight is 284 g/mol. The highest BCUT2D eigenvalue weighted by molar-refractivity contribution is 5.83. The van der Waals surface area contributed by atoms with Crippen LogP contribution in [0.25, 0.3) is 0 Å². The van der Waals surface area contributed by atoms with Gasteiger partial charge in [-0.15, -0.1) is 0 Å². The predicted molar refractivity (Wildman–Crippen MR) is 78.4 cm³/mol. The molecular weight excluding hydrogens is 256 g/mol. The predicted octanol–water partition coefficient (Wildman–Crippen LogP) is 1.66. The molecule has 1 unspecified atom stereocenters. The second-order valence-electron chi connectivity index (χ2n) is 5.42. The van der Waals surface area contributed by atoms with Crippen molar-refractivity contribution in [3.8, 4) is 0 Å². The molecule has 0 aromatic rings. The number of carbonyl (C=O) groups is 2. The van der Waals surface area contributed by atoms with Gasteiger partial charge in [-0.05, 0) is 25.7 Å². The molecule has 116 valence electrons. The van der Waals surface area contributed by atoms with Crippen LogP contribution < -0.4 is 0 Å². The van der Waals surface area contributed by atoms with Gasteiger partial charge in [0, 0.05) is 33.2 Å². The van der Waals surface area contributed by atoms with Gasteiger partial charge in [-0.25, -0.2) is 0 Å². The molecule has 1 atom stereocenters. The molecule has 0 bridgehead atoms. The lowest BCUT2D eigenvalue weighted by atomic mass is 10.2. The maximum Gasteiger partial charge on any atom is 0.242 e. The lowest BCUT2D eigenvalue weighted by Crippen LogP contribution is -2.45. The minimum atomic E-state index is -0.0539. The molecule has 1 aliphatic rings. The standard InChI is InChI=1S/C15H28N2O3/c1-4-8-16(9-5-2)15(19)12-17(13(3)18)11-14-7-6-10-20-14/h14H,4-12H2,1-3H3. The highest BCUT2D eigenvalue weighted by atomic mass is 16.5. The zero-order valence-corrected chi connectivity index (χ0v) is 13.1. The fourth-order valence-electron chi connectivity index (χ4n) is 2.50. The topological polar surface area (TPSA) is 49.9 Å².